The van der Waals surface area contributed by atoms with Crippen molar-refractivity contribution in [2.45, 2.75) is 37.1 Å². The fourth-order valence-electron chi connectivity index (χ4n) is 2.93. The molecule has 0 radical (unpaired) electrons. The van der Waals surface area contributed by atoms with Crippen LogP contribution in [0.25, 0.3) is 0 Å². The van der Waals surface area contributed by atoms with Gasteiger partial charge in [-0.1, -0.05) is 17.7 Å². The van der Waals surface area contributed by atoms with E-state index in [-0.39, 0.29) is 9.92 Å². The van der Waals surface area contributed by atoms with Crippen LogP contribution in [-0.2, 0) is 16.6 Å². The van der Waals surface area contributed by atoms with Gasteiger partial charge < -0.3 is 5.73 Å². The monoisotopic (exact) mass is 328 g/mol. The van der Waals surface area contributed by atoms with Crippen molar-refractivity contribution in [3.63, 3.8) is 0 Å². The van der Waals surface area contributed by atoms with Crippen LogP contribution in [0.1, 0.15) is 31.2 Å². The Morgan fingerprint density at radius 1 is 1.24 bits per heavy atom. The third kappa shape index (κ3) is 3.59. The standard InChI is InChI=1S/C15H21ClN2O2S/c16-14-6-1-10(8-17)7-15(14)21(19,20)18-9-13(11-2-3-11)12-4-5-12/h1,6-7,11-13,18H,2-5,8-9,17H2. The van der Waals surface area contributed by atoms with Gasteiger partial charge in [-0.25, -0.2) is 13.1 Å². The molecule has 1 aromatic carbocycles. The lowest BCUT2D eigenvalue weighted by Gasteiger charge is -2.17. The van der Waals surface area contributed by atoms with Gasteiger partial charge in [0.15, 0.2) is 0 Å². The highest BCUT2D eigenvalue weighted by atomic mass is 35.5. The molecule has 2 fully saturated rings. The first-order valence-corrected chi connectivity index (χ1v) is 9.35. The molecule has 0 aliphatic heterocycles. The Labute approximate surface area is 131 Å². The summed E-state index contributed by atoms with van der Waals surface area (Å²) in [5, 5.41) is 0.245. The predicted octanol–water partition coefficient (Wildman–Crippen LogP) is 2.51. The van der Waals surface area contributed by atoms with Crippen molar-refractivity contribution in [2.75, 3.05) is 6.54 Å². The van der Waals surface area contributed by atoms with E-state index in [0.29, 0.717) is 30.8 Å². The average molecular weight is 329 g/mol. The molecule has 0 unspecified atom stereocenters. The van der Waals surface area contributed by atoms with E-state index < -0.39 is 10.0 Å². The molecular weight excluding hydrogens is 308 g/mol. The molecule has 116 valence electrons. The second-order valence-corrected chi connectivity index (χ2v) is 8.30. The molecule has 0 atom stereocenters. The van der Waals surface area contributed by atoms with Gasteiger partial charge in [-0.15, -0.1) is 0 Å². The van der Waals surface area contributed by atoms with Gasteiger partial charge in [0.05, 0.1) is 5.02 Å². The second-order valence-electron chi connectivity index (χ2n) is 6.16. The van der Waals surface area contributed by atoms with E-state index in [2.05, 4.69) is 4.72 Å². The summed E-state index contributed by atoms with van der Waals surface area (Å²) < 4.78 is 27.7. The third-order valence-corrected chi connectivity index (χ3v) is 6.39. The Balaban J connectivity index is 1.73. The van der Waals surface area contributed by atoms with Crippen LogP contribution in [0.15, 0.2) is 23.1 Å². The molecular formula is C15H21ClN2O2S. The van der Waals surface area contributed by atoms with Crippen LogP contribution in [0.5, 0.6) is 0 Å². The number of sulfonamides is 1. The molecule has 6 heteroatoms. The number of benzene rings is 1. The van der Waals surface area contributed by atoms with Crippen molar-refractivity contribution in [3.05, 3.63) is 28.8 Å². The molecule has 0 heterocycles. The Morgan fingerprint density at radius 3 is 2.38 bits per heavy atom. The lowest BCUT2D eigenvalue weighted by molar-refractivity contribution is 0.401. The van der Waals surface area contributed by atoms with Crippen molar-refractivity contribution < 1.29 is 8.42 Å². The van der Waals surface area contributed by atoms with Crippen molar-refractivity contribution in [3.8, 4) is 0 Å². The van der Waals surface area contributed by atoms with Crippen molar-refractivity contribution in [2.24, 2.45) is 23.5 Å². The van der Waals surface area contributed by atoms with Crippen molar-refractivity contribution in [1.82, 2.24) is 4.72 Å². The first kappa shape index (κ1) is 15.3. The highest BCUT2D eigenvalue weighted by molar-refractivity contribution is 7.89. The van der Waals surface area contributed by atoms with Gasteiger partial charge in [0.1, 0.15) is 4.90 Å². The fourth-order valence-corrected chi connectivity index (χ4v) is 4.55. The zero-order chi connectivity index (χ0) is 15.0. The summed E-state index contributed by atoms with van der Waals surface area (Å²) in [6, 6.07) is 4.91. The first-order chi connectivity index (χ1) is 10.0. The minimum atomic E-state index is -3.57. The summed E-state index contributed by atoms with van der Waals surface area (Å²) in [6.45, 7) is 0.827. The van der Waals surface area contributed by atoms with E-state index in [1.54, 1.807) is 18.2 Å². The molecule has 0 saturated heterocycles. The van der Waals surface area contributed by atoms with Gasteiger partial charge in [-0.05, 0) is 61.1 Å². The molecule has 21 heavy (non-hydrogen) atoms. The molecule has 1 aromatic rings. The van der Waals surface area contributed by atoms with E-state index in [1.165, 1.54) is 25.7 Å². The maximum atomic E-state index is 12.5. The van der Waals surface area contributed by atoms with Gasteiger partial charge in [0, 0.05) is 13.1 Å². The number of nitrogens with one attached hydrogen (secondary N) is 1. The first-order valence-electron chi connectivity index (χ1n) is 7.49. The lowest BCUT2D eigenvalue weighted by Crippen LogP contribution is -2.31. The number of rotatable bonds is 7. The molecule has 0 bridgehead atoms. The van der Waals surface area contributed by atoms with Crippen molar-refractivity contribution >= 4 is 21.6 Å². The lowest BCUT2D eigenvalue weighted by atomic mass is 9.99. The van der Waals surface area contributed by atoms with Gasteiger partial charge in [0.25, 0.3) is 0 Å². The molecule has 3 rings (SSSR count). The normalized spacial score (nSPS) is 19.2. The van der Waals surface area contributed by atoms with E-state index in [0.717, 1.165) is 5.56 Å². The Morgan fingerprint density at radius 2 is 1.86 bits per heavy atom. The zero-order valence-electron chi connectivity index (χ0n) is 11.9. The quantitative estimate of drug-likeness (QED) is 0.807. The third-order valence-electron chi connectivity index (χ3n) is 4.48. The number of hydrogen-bond donors (Lipinski definition) is 2. The maximum Gasteiger partial charge on any atom is 0.242 e. The number of hydrogen-bond acceptors (Lipinski definition) is 3. The summed E-state index contributed by atoms with van der Waals surface area (Å²) in [7, 11) is -3.57. The van der Waals surface area contributed by atoms with Crippen LogP contribution < -0.4 is 10.5 Å². The predicted molar refractivity (Wildman–Crippen MR) is 83.5 cm³/mol. The van der Waals surface area contributed by atoms with Crippen LogP contribution in [0, 0.1) is 17.8 Å². The molecule has 2 saturated carbocycles. The van der Waals surface area contributed by atoms with E-state index in [9.17, 15) is 8.42 Å². The smallest absolute Gasteiger partial charge is 0.242 e. The summed E-state index contributed by atoms with van der Waals surface area (Å²) in [5.41, 5.74) is 6.34. The number of nitrogens with two attached hydrogens (primary N) is 1. The Kier molecular flexibility index (Phi) is 4.28. The largest absolute Gasteiger partial charge is 0.326 e. The van der Waals surface area contributed by atoms with Crippen LogP contribution in [-0.4, -0.2) is 15.0 Å². The zero-order valence-corrected chi connectivity index (χ0v) is 13.5. The summed E-state index contributed by atoms with van der Waals surface area (Å²) >= 11 is 6.04. The van der Waals surface area contributed by atoms with Crippen LogP contribution in [0.4, 0.5) is 0 Å². The molecule has 2 aliphatic carbocycles. The van der Waals surface area contributed by atoms with Gasteiger partial charge in [0.2, 0.25) is 10.0 Å². The Bertz CT molecular complexity index is 613. The molecule has 4 nitrogen and oxygen atoms in total. The number of halogens is 1. The van der Waals surface area contributed by atoms with Gasteiger partial charge >= 0.3 is 0 Å². The van der Waals surface area contributed by atoms with Crippen LogP contribution >= 0.6 is 11.6 Å². The average Bonchev–Trinajstić information content (AvgIpc) is 3.33. The molecule has 0 aromatic heterocycles. The fraction of sp³-hybridized carbons (Fsp3) is 0.600. The summed E-state index contributed by atoms with van der Waals surface area (Å²) in [6.07, 6.45) is 4.97. The van der Waals surface area contributed by atoms with Gasteiger partial charge in [-0.3, -0.25) is 0 Å². The topological polar surface area (TPSA) is 72.2 Å². The molecule has 0 spiro atoms. The minimum absolute atomic E-state index is 0.137. The van der Waals surface area contributed by atoms with Crippen LogP contribution in [0.3, 0.4) is 0 Å². The van der Waals surface area contributed by atoms with Crippen molar-refractivity contribution in [1.29, 1.82) is 0 Å². The minimum Gasteiger partial charge on any atom is -0.326 e. The molecule has 3 N–H and O–H groups in total. The van der Waals surface area contributed by atoms with E-state index in [4.69, 9.17) is 17.3 Å². The summed E-state index contributed by atoms with van der Waals surface area (Å²) in [4.78, 5) is 0.137. The SMILES string of the molecule is NCc1ccc(Cl)c(S(=O)(=O)NCC(C2CC2)C2CC2)c1. The summed E-state index contributed by atoms with van der Waals surface area (Å²) in [5.74, 6) is 1.92. The van der Waals surface area contributed by atoms with E-state index >= 15 is 0 Å². The maximum absolute atomic E-state index is 12.5. The molecule has 0 amide bonds. The second kappa shape index (κ2) is 5.88. The van der Waals surface area contributed by atoms with Gasteiger partial charge in [-0.2, -0.15) is 0 Å². The highest BCUT2D eigenvalue weighted by Gasteiger charge is 2.41. The highest BCUT2D eigenvalue weighted by Crippen LogP contribution is 2.48. The Hall–Kier alpha value is -0.620. The van der Waals surface area contributed by atoms with E-state index in [1.807, 2.05) is 0 Å². The van der Waals surface area contributed by atoms with Crippen LogP contribution in [0.2, 0.25) is 5.02 Å². The molecule has 2 aliphatic rings.